The minimum absolute atomic E-state index is 0.00309. The summed E-state index contributed by atoms with van der Waals surface area (Å²) in [5, 5.41) is 19.4. The van der Waals surface area contributed by atoms with Gasteiger partial charge in [0, 0.05) is 17.6 Å². The molecule has 0 aliphatic rings. The first-order valence-electron chi connectivity index (χ1n) is 5.37. The van der Waals surface area contributed by atoms with Crippen LogP contribution in [0, 0.1) is 0 Å². The van der Waals surface area contributed by atoms with E-state index in [2.05, 4.69) is 6.58 Å². The predicted octanol–water partition coefficient (Wildman–Crippen LogP) is 1.93. The van der Waals surface area contributed by atoms with E-state index >= 15 is 0 Å². The molecule has 0 heterocycles. The number of rotatable bonds is 5. The van der Waals surface area contributed by atoms with Gasteiger partial charge < -0.3 is 14.9 Å². The largest absolute Gasteiger partial charge is 0.508 e. The maximum atomic E-state index is 11.3. The summed E-state index contributed by atoms with van der Waals surface area (Å²) in [6.07, 6.45) is -0.927. The average molecular weight is 236 g/mol. The van der Waals surface area contributed by atoms with Crippen LogP contribution < -0.4 is 0 Å². The molecule has 0 aromatic heterocycles. The molecular formula is C13H16O4. The summed E-state index contributed by atoms with van der Waals surface area (Å²) in [5.41, 5.74) is 0.556. The lowest BCUT2D eigenvalue weighted by molar-refractivity contribution is -0.138. The molecule has 4 heteroatoms. The molecule has 2 N–H and O–H groups in total. The SMILES string of the molecule is C=C(CC(O)c1ccccc1O)C(=O)OCC. The van der Waals surface area contributed by atoms with Gasteiger partial charge in [-0.3, -0.25) is 0 Å². The van der Waals surface area contributed by atoms with E-state index in [1.807, 2.05) is 0 Å². The second kappa shape index (κ2) is 6.06. The summed E-state index contributed by atoms with van der Waals surface area (Å²) in [6.45, 7) is 5.52. The number of benzene rings is 1. The highest BCUT2D eigenvalue weighted by Crippen LogP contribution is 2.27. The Morgan fingerprint density at radius 1 is 1.47 bits per heavy atom. The molecule has 0 saturated carbocycles. The Morgan fingerprint density at radius 3 is 2.71 bits per heavy atom. The number of phenolic OH excluding ortho intramolecular Hbond substituents is 1. The molecule has 92 valence electrons. The summed E-state index contributed by atoms with van der Waals surface area (Å²) in [7, 11) is 0. The summed E-state index contributed by atoms with van der Waals surface area (Å²) in [5.74, 6) is -0.529. The highest BCUT2D eigenvalue weighted by Gasteiger charge is 2.17. The zero-order valence-electron chi connectivity index (χ0n) is 9.72. The number of aliphatic hydroxyl groups excluding tert-OH is 1. The summed E-state index contributed by atoms with van der Waals surface area (Å²) in [6, 6.07) is 6.43. The maximum absolute atomic E-state index is 11.3. The highest BCUT2D eigenvalue weighted by molar-refractivity contribution is 5.87. The molecule has 0 aliphatic carbocycles. The third kappa shape index (κ3) is 3.60. The number of hydrogen-bond donors (Lipinski definition) is 2. The zero-order chi connectivity index (χ0) is 12.8. The molecule has 17 heavy (non-hydrogen) atoms. The minimum atomic E-state index is -0.965. The summed E-state index contributed by atoms with van der Waals surface area (Å²) < 4.78 is 4.76. The lowest BCUT2D eigenvalue weighted by Gasteiger charge is -2.13. The Balaban J connectivity index is 2.67. The van der Waals surface area contributed by atoms with Gasteiger partial charge in [-0.15, -0.1) is 0 Å². The molecule has 0 amide bonds. The maximum Gasteiger partial charge on any atom is 0.333 e. The first-order valence-corrected chi connectivity index (χ1v) is 5.37. The molecule has 1 unspecified atom stereocenters. The van der Waals surface area contributed by atoms with Gasteiger partial charge in [0.05, 0.1) is 12.7 Å². The Bertz CT molecular complexity index is 412. The number of esters is 1. The Labute approximate surface area is 100 Å². The van der Waals surface area contributed by atoms with Crippen LogP contribution in [-0.2, 0) is 9.53 Å². The van der Waals surface area contributed by atoms with Gasteiger partial charge in [0.2, 0.25) is 0 Å². The van der Waals surface area contributed by atoms with Crippen molar-refractivity contribution >= 4 is 5.97 Å². The van der Waals surface area contributed by atoms with Gasteiger partial charge in [0.25, 0.3) is 0 Å². The Hall–Kier alpha value is -1.81. The van der Waals surface area contributed by atoms with Gasteiger partial charge >= 0.3 is 5.97 Å². The molecule has 4 nitrogen and oxygen atoms in total. The third-order valence-electron chi connectivity index (χ3n) is 2.30. The lowest BCUT2D eigenvalue weighted by Crippen LogP contribution is -2.10. The van der Waals surface area contributed by atoms with E-state index in [0.29, 0.717) is 5.56 Å². The van der Waals surface area contributed by atoms with Gasteiger partial charge in [0.15, 0.2) is 0 Å². The van der Waals surface area contributed by atoms with Crippen LogP contribution in [0.4, 0.5) is 0 Å². The third-order valence-corrected chi connectivity index (χ3v) is 2.30. The zero-order valence-corrected chi connectivity index (χ0v) is 9.72. The molecule has 1 atom stereocenters. The van der Waals surface area contributed by atoms with Crippen LogP contribution in [0.5, 0.6) is 5.75 Å². The van der Waals surface area contributed by atoms with E-state index in [4.69, 9.17) is 4.74 Å². The fourth-order valence-corrected chi connectivity index (χ4v) is 1.43. The molecule has 0 fully saturated rings. The van der Waals surface area contributed by atoms with Crippen molar-refractivity contribution in [1.82, 2.24) is 0 Å². The van der Waals surface area contributed by atoms with Crippen molar-refractivity contribution in [3.8, 4) is 5.75 Å². The number of aliphatic hydroxyl groups is 1. The fourth-order valence-electron chi connectivity index (χ4n) is 1.43. The van der Waals surface area contributed by atoms with Crippen molar-refractivity contribution < 1.29 is 19.7 Å². The highest BCUT2D eigenvalue weighted by atomic mass is 16.5. The van der Waals surface area contributed by atoms with E-state index in [9.17, 15) is 15.0 Å². The molecule has 1 rings (SSSR count). The second-order valence-corrected chi connectivity index (χ2v) is 3.60. The van der Waals surface area contributed by atoms with Gasteiger partial charge in [0.1, 0.15) is 5.75 Å². The molecule has 1 aromatic rings. The van der Waals surface area contributed by atoms with E-state index in [-0.39, 0.29) is 24.4 Å². The van der Waals surface area contributed by atoms with Crippen LogP contribution in [-0.4, -0.2) is 22.8 Å². The summed E-state index contributed by atoms with van der Waals surface area (Å²) >= 11 is 0. The molecule has 0 aliphatic heterocycles. The van der Waals surface area contributed by atoms with Crippen molar-refractivity contribution in [1.29, 1.82) is 0 Å². The van der Waals surface area contributed by atoms with Gasteiger partial charge in [-0.05, 0) is 13.0 Å². The molecule has 0 bridgehead atoms. The topological polar surface area (TPSA) is 66.8 Å². The van der Waals surface area contributed by atoms with Crippen LogP contribution in [0.3, 0.4) is 0 Å². The van der Waals surface area contributed by atoms with Gasteiger partial charge in [-0.1, -0.05) is 24.8 Å². The first kappa shape index (κ1) is 13.3. The number of ether oxygens (including phenoxy) is 1. The quantitative estimate of drug-likeness (QED) is 0.605. The minimum Gasteiger partial charge on any atom is -0.508 e. The van der Waals surface area contributed by atoms with Crippen LogP contribution >= 0.6 is 0 Å². The van der Waals surface area contributed by atoms with Crippen LogP contribution in [0.2, 0.25) is 0 Å². The lowest BCUT2D eigenvalue weighted by atomic mass is 10.0. The van der Waals surface area contributed by atoms with Crippen molar-refractivity contribution in [2.45, 2.75) is 19.4 Å². The fraction of sp³-hybridized carbons (Fsp3) is 0.308. The number of para-hydroxylation sites is 1. The van der Waals surface area contributed by atoms with Crippen molar-refractivity contribution in [2.75, 3.05) is 6.61 Å². The van der Waals surface area contributed by atoms with Crippen LogP contribution in [0.1, 0.15) is 25.0 Å². The van der Waals surface area contributed by atoms with E-state index in [0.717, 1.165) is 0 Å². The van der Waals surface area contributed by atoms with Gasteiger partial charge in [-0.2, -0.15) is 0 Å². The number of phenols is 1. The molecular weight excluding hydrogens is 220 g/mol. The van der Waals surface area contributed by atoms with Crippen molar-refractivity contribution in [3.05, 3.63) is 42.0 Å². The van der Waals surface area contributed by atoms with Crippen LogP contribution in [0.15, 0.2) is 36.4 Å². The Morgan fingerprint density at radius 2 is 2.12 bits per heavy atom. The predicted molar refractivity (Wildman–Crippen MR) is 63.5 cm³/mol. The monoisotopic (exact) mass is 236 g/mol. The van der Waals surface area contributed by atoms with Gasteiger partial charge in [-0.25, -0.2) is 4.79 Å². The number of carbonyl (C=O) groups is 1. The van der Waals surface area contributed by atoms with Crippen LogP contribution in [0.25, 0.3) is 0 Å². The van der Waals surface area contributed by atoms with E-state index in [1.165, 1.54) is 6.07 Å². The van der Waals surface area contributed by atoms with Crippen molar-refractivity contribution in [2.24, 2.45) is 0 Å². The normalized spacial score (nSPS) is 11.9. The molecule has 0 radical (unpaired) electrons. The number of hydrogen-bond acceptors (Lipinski definition) is 4. The molecule has 0 spiro atoms. The standard InChI is InChI=1S/C13H16O4/c1-3-17-13(16)9(2)8-12(15)10-6-4-5-7-11(10)14/h4-7,12,14-15H,2-3,8H2,1H3. The Kier molecular flexibility index (Phi) is 4.72. The smallest absolute Gasteiger partial charge is 0.333 e. The molecule has 0 saturated heterocycles. The number of aromatic hydroxyl groups is 1. The van der Waals surface area contributed by atoms with Crippen molar-refractivity contribution in [3.63, 3.8) is 0 Å². The summed E-state index contributed by atoms with van der Waals surface area (Å²) in [4.78, 5) is 11.3. The first-order chi connectivity index (χ1) is 8.06. The van der Waals surface area contributed by atoms with E-state index < -0.39 is 12.1 Å². The number of carbonyl (C=O) groups excluding carboxylic acids is 1. The average Bonchev–Trinajstić information content (AvgIpc) is 2.29. The molecule has 1 aromatic carbocycles. The van der Waals surface area contributed by atoms with E-state index in [1.54, 1.807) is 25.1 Å². The second-order valence-electron chi connectivity index (χ2n) is 3.60.